The summed E-state index contributed by atoms with van der Waals surface area (Å²) in [5, 5.41) is 4.02. The summed E-state index contributed by atoms with van der Waals surface area (Å²) < 4.78 is 5.26. The van der Waals surface area contributed by atoms with Gasteiger partial charge in [-0.1, -0.05) is 16.8 Å². The molecule has 0 aromatic carbocycles. The summed E-state index contributed by atoms with van der Waals surface area (Å²) in [5.74, 6) is 1.28. The number of hydrogen-bond acceptors (Lipinski definition) is 4. The summed E-state index contributed by atoms with van der Waals surface area (Å²) in [5.41, 5.74) is 3.30. The molecule has 3 fully saturated rings. The molecular weight excluding hydrogens is 290 g/mol. The molecule has 4 rings (SSSR count). The van der Waals surface area contributed by atoms with Crippen LogP contribution in [0.5, 0.6) is 0 Å². The Morgan fingerprint density at radius 1 is 1.30 bits per heavy atom. The number of nitrogens with zero attached hydrogens (tertiary/aromatic N) is 3. The van der Waals surface area contributed by atoms with Gasteiger partial charge >= 0.3 is 0 Å². The zero-order chi connectivity index (χ0) is 16.6. The Morgan fingerprint density at radius 2 is 2.09 bits per heavy atom. The highest BCUT2D eigenvalue weighted by molar-refractivity contribution is 5.80. The highest BCUT2D eigenvalue weighted by Gasteiger charge is 2.40. The second-order valence-corrected chi connectivity index (χ2v) is 7.20. The normalized spacial score (nSPS) is 24.9. The third-order valence-corrected chi connectivity index (χ3v) is 5.14. The molecular formula is C18H27N3O2. The first-order valence-corrected chi connectivity index (χ1v) is 8.53. The van der Waals surface area contributed by atoms with Gasteiger partial charge in [0.15, 0.2) is 0 Å². The largest absolute Gasteiger partial charge is 0.361 e. The Labute approximate surface area is 138 Å². The fraction of sp³-hybridized carbons (Fsp3) is 0.667. The van der Waals surface area contributed by atoms with Crippen molar-refractivity contribution in [2.24, 2.45) is 5.92 Å². The van der Waals surface area contributed by atoms with Crippen LogP contribution in [0.25, 0.3) is 0 Å². The van der Waals surface area contributed by atoms with E-state index < -0.39 is 0 Å². The fourth-order valence-electron chi connectivity index (χ4n) is 3.70. The van der Waals surface area contributed by atoms with Gasteiger partial charge < -0.3 is 9.42 Å². The van der Waals surface area contributed by atoms with Gasteiger partial charge in [-0.2, -0.15) is 0 Å². The lowest BCUT2D eigenvalue weighted by molar-refractivity contribution is -0.140. The summed E-state index contributed by atoms with van der Waals surface area (Å²) in [4.78, 5) is 17.4. The third kappa shape index (κ3) is 3.34. The van der Waals surface area contributed by atoms with Gasteiger partial charge in [0.1, 0.15) is 5.76 Å². The van der Waals surface area contributed by atoms with Gasteiger partial charge in [0.05, 0.1) is 18.2 Å². The summed E-state index contributed by atoms with van der Waals surface area (Å²) in [6.07, 6.45) is 4.38. The number of aryl methyl sites for hydroxylation is 2. The zero-order valence-electron chi connectivity index (χ0n) is 14.6. The van der Waals surface area contributed by atoms with Crippen molar-refractivity contribution in [2.45, 2.75) is 53.1 Å². The molecule has 3 aliphatic heterocycles. The van der Waals surface area contributed by atoms with E-state index in [4.69, 9.17) is 4.52 Å². The minimum atomic E-state index is 0.139. The number of aromatic nitrogens is 1. The van der Waals surface area contributed by atoms with Crippen LogP contribution in [0.4, 0.5) is 0 Å². The molecule has 0 unspecified atom stereocenters. The van der Waals surface area contributed by atoms with Gasteiger partial charge in [0.2, 0.25) is 5.91 Å². The Kier molecular flexibility index (Phi) is 4.57. The smallest absolute Gasteiger partial charge is 0.227 e. The summed E-state index contributed by atoms with van der Waals surface area (Å²) in [6.45, 7) is 11.6. The lowest BCUT2D eigenvalue weighted by atomic mass is 9.93. The van der Waals surface area contributed by atoms with E-state index in [9.17, 15) is 4.79 Å². The van der Waals surface area contributed by atoms with Crippen molar-refractivity contribution in [3.05, 3.63) is 28.7 Å². The summed E-state index contributed by atoms with van der Waals surface area (Å²) >= 11 is 0. The molecule has 3 aliphatic rings. The number of rotatable bonds is 4. The monoisotopic (exact) mass is 317 g/mol. The van der Waals surface area contributed by atoms with Crippen LogP contribution in [-0.4, -0.2) is 46.5 Å². The van der Waals surface area contributed by atoms with Crippen molar-refractivity contribution < 1.29 is 9.32 Å². The summed E-state index contributed by atoms with van der Waals surface area (Å²) in [7, 11) is 0. The Hall–Kier alpha value is -1.62. The van der Waals surface area contributed by atoms with E-state index in [-0.39, 0.29) is 5.92 Å². The van der Waals surface area contributed by atoms with Gasteiger partial charge in [-0.25, -0.2) is 0 Å². The van der Waals surface area contributed by atoms with Crippen molar-refractivity contribution in [2.75, 3.05) is 19.6 Å². The maximum atomic E-state index is 12.9. The molecule has 0 aliphatic carbocycles. The Balaban J connectivity index is 1.78. The SMILES string of the molecule is CC(C)=CCN1C[C@@H]2CC[C@H](C1)N(Cc1c(C)noc1C)C2=O. The lowest BCUT2D eigenvalue weighted by Gasteiger charge is -2.36. The fourth-order valence-corrected chi connectivity index (χ4v) is 3.70. The van der Waals surface area contributed by atoms with Crippen LogP contribution in [0.1, 0.15) is 43.7 Å². The third-order valence-electron chi connectivity index (χ3n) is 5.14. The molecule has 0 N–H and O–H groups in total. The molecule has 0 saturated carbocycles. The maximum Gasteiger partial charge on any atom is 0.227 e. The second kappa shape index (κ2) is 6.48. The van der Waals surface area contributed by atoms with E-state index in [2.05, 4.69) is 34.9 Å². The van der Waals surface area contributed by atoms with Crippen molar-refractivity contribution in [1.29, 1.82) is 0 Å². The van der Waals surface area contributed by atoms with Crippen LogP contribution in [0.3, 0.4) is 0 Å². The molecule has 0 radical (unpaired) electrons. The highest BCUT2D eigenvalue weighted by Crippen LogP contribution is 2.31. The number of carbonyl (C=O) groups excluding carboxylic acids is 1. The number of fused-ring (bicyclic) bond motifs is 4. The van der Waals surface area contributed by atoms with E-state index in [1.807, 2.05) is 13.8 Å². The predicted octanol–water partition coefficient (Wildman–Crippen LogP) is 2.68. The van der Waals surface area contributed by atoms with Gasteiger partial charge in [-0.15, -0.1) is 0 Å². The number of piperidine rings is 1. The van der Waals surface area contributed by atoms with Crippen molar-refractivity contribution >= 4 is 5.91 Å². The van der Waals surface area contributed by atoms with Crippen LogP contribution in [0, 0.1) is 19.8 Å². The minimum Gasteiger partial charge on any atom is -0.361 e. The number of hydrogen-bond donors (Lipinski definition) is 0. The maximum absolute atomic E-state index is 12.9. The number of carbonyl (C=O) groups is 1. The molecule has 3 saturated heterocycles. The quantitative estimate of drug-likeness (QED) is 0.801. The molecule has 1 aromatic rings. The molecule has 126 valence electrons. The summed E-state index contributed by atoms with van der Waals surface area (Å²) in [6, 6.07) is 0.306. The van der Waals surface area contributed by atoms with E-state index in [0.717, 1.165) is 49.5 Å². The molecule has 23 heavy (non-hydrogen) atoms. The lowest BCUT2D eigenvalue weighted by Crippen LogP contribution is -2.47. The van der Waals surface area contributed by atoms with Crippen LogP contribution in [-0.2, 0) is 11.3 Å². The van der Waals surface area contributed by atoms with Crippen LogP contribution >= 0.6 is 0 Å². The standard InChI is InChI=1S/C18H27N3O2/c1-12(2)7-8-20-9-15-5-6-16(10-20)21(18(15)22)11-17-13(3)19-23-14(17)4/h7,15-16H,5-6,8-11H2,1-4H3/t15-,16+/m0/s1. The predicted molar refractivity (Wildman–Crippen MR) is 88.9 cm³/mol. The van der Waals surface area contributed by atoms with E-state index in [1.165, 1.54) is 5.57 Å². The molecule has 5 heteroatoms. The molecule has 0 spiro atoms. The van der Waals surface area contributed by atoms with Crippen LogP contribution < -0.4 is 0 Å². The van der Waals surface area contributed by atoms with Gasteiger partial charge in [-0.3, -0.25) is 9.69 Å². The Morgan fingerprint density at radius 3 is 2.74 bits per heavy atom. The molecule has 1 aromatic heterocycles. The molecule has 5 nitrogen and oxygen atoms in total. The van der Waals surface area contributed by atoms with Crippen molar-refractivity contribution in [1.82, 2.24) is 15.0 Å². The molecule has 2 bridgehead atoms. The Bertz CT molecular complexity index is 596. The first-order chi connectivity index (χ1) is 11.0. The second-order valence-electron chi connectivity index (χ2n) is 7.20. The average Bonchev–Trinajstić information content (AvgIpc) is 2.68. The van der Waals surface area contributed by atoms with Gasteiger partial charge in [0, 0.05) is 31.2 Å². The highest BCUT2D eigenvalue weighted by atomic mass is 16.5. The van der Waals surface area contributed by atoms with E-state index in [1.54, 1.807) is 0 Å². The van der Waals surface area contributed by atoms with Crippen LogP contribution in [0.15, 0.2) is 16.2 Å². The van der Waals surface area contributed by atoms with Crippen molar-refractivity contribution in [3.8, 4) is 0 Å². The number of allylic oxidation sites excluding steroid dienone is 1. The topological polar surface area (TPSA) is 49.6 Å². The first-order valence-electron chi connectivity index (χ1n) is 8.53. The molecule has 4 heterocycles. The van der Waals surface area contributed by atoms with Gasteiger partial charge in [-0.05, 0) is 40.5 Å². The van der Waals surface area contributed by atoms with Crippen LogP contribution in [0.2, 0.25) is 0 Å². The molecule has 1 amide bonds. The average molecular weight is 317 g/mol. The van der Waals surface area contributed by atoms with Crippen molar-refractivity contribution in [3.63, 3.8) is 0 Å². The zero-order valence-corrected chi connectivity index (χ0v) is 14.6. The number of amides is 1. The molecule has 2 atom stereocenters. The van der Waals surface area contributed by atoms with E-state index in [0.29, 0.717) is 18.5 Å². The van der Waals surface area contributed by atoms with Gasteiger partial charge in [0.25, 0.3) is 0 Å². The minimum absolute atomic E-state index is 0.139. The van der Waals surface area contributed by atoms with E-state index >= 15 is 0 Å². The first kappa shape index (κ1) is 16.2.